The normalized spacial score (nSPS) is 10.9. The van der Waals surface area contributed by atoms with E-state index in [0.29, 0.717) is 11.4 Å². The number of methoxy groups -OCH3 is 1. The third kappa shape index (κ3) is 2.73. The van der Waals surface area contributed by atoms with Gasteiger partial charge in [-0.05, 0) is 36.7 Å². The molecule has 0 spiro atoms. The van der Waals surface area contributed by atoms with E-state index in [-0.39, 0.29) is 22.3 Å². The van der Waals surface area contributed by atoms with E-state index in [9.17, 15) is 13.2 Å². The number of aromatic nitrogens is 2. The largest absolute Gasteiger partial charge is 0.497 e. The molecular weight excluding hydrogens is 341 g/mol. The first kappa shape index (κ1) is 16.4. The van der Waals surface area contributed by atoms with Crippen LogP contribution in [0, 0.1) is 24.4 Å². The lowest BCUT2D eigenvalue weighted by Crippen LogP contribution is -2.02. The molecule has 0 amide bonds. The van der Waals surface area contributed by atoms with Crippen LogP contribution in [-0.2, 0) is 0 Å². The van der Waals surface area contributed by atoms with Gasteiger partial charge < -0.3 is 4.74 Å². The predicted molar refractivity (Wildman–Crippen MR) is 85.2 cm³/mol. The van der Waals surface area contributed by atoms with E-state index in [2.05, 4.69) is 4.98 Å². The van der Waals surface area contributed by atoms with Crippen LogP contribution < -0.4 is 4.74 Å². The van der Waals surface area contributed by atoms with Crippen LogP contribution in [0.4, 0.5) is 13.2 Å². The van der Waals surface area contributed by atoms with Crippen molar-refractivity contribution >= 4 is 11.6 Å². The maximum atomic E-state index is 14.5. The molecule has 0 unspecified atom stereocenters. The quantitative estimate of drug-likeness (QED) is 0.668. The Labute approximate surface area is 141 Å². The van der Waals surface area contributed by atoms with E-state index in [1.807, 2.05) is 0 Å². The molecule has 3 nitrogen and oxygen atoms in total. The predicted octanol–water partition coefficient (Wildman–Crippen LogP) is 4.93. The maximum Gasteiger partial charge on any atom is 0.208 e. The Balaban J connectivity index is 2.31. The van der Waals surface area contributed by atoms with Crippen LogP contribution in [0.2, 0.25) is 5.28 Å². The van der Waals surface area contributed by atoms with Crippen LogP contribution in [0.5, 0.6) is 5.75 Å². The van der Waals surface area contributed by atoms with Crippen molar-refractivity contribution in [1.29, 1.82) is 0 Å². The van der Waals surface area contributed by atoms with Crippen LogP contribution in [0.15, 0.2) is 36.4 Å². The Morgan fingerprint density at radius 1 is 1.08 bits per heavy atom. The van der Waals surface area contributed by atoms with Crippen LogP contribution in [0.1, 0.15) is 5.69 Å². The molecule has 0 atom stereocenters. The van der Waals surface area contributed by atoms with Crippen molar-refractivity contribution in [3.8, 4) is 22.7 Å². The van der Waals surface area contributed by atoms with Gasteiger partial charge in [0.25, 0.3) is 0 Å². The van der Waals surface area contributed by atoms with Crippen molar-refractivity contribution in [2.45, 2.75) is 6.92 Å². The zero-order valence-corrected chi connectivity index (χ0v) is 13.5. The van der Waals surface area contributed by atoms with Crippen LogP contribution >= 0.6 is 11.6 Å². The lowest BCUT2D eigenvalue weighted by molar-refractivity contribution is 0.407. The molecule has 3 aromatic rings. The van der Waals surface area contributed by atoms with Gasteiger partial charge >= 0.3 is 0 Å². The van der Waals surface area contributed by atoms with Crippen LogP contribution in [-0.4, -0.2) is 16.7 Å². The summed E-state index contributed by atoms with van der Waals surface area (Å²) in [6, 6.07) is 7.63. The highest BCUT2D eigenvalue weighted by Crippen LogP contribution is 2.35. The summed E-state index contributed by atoms with van der Waals surface area (Å²) in [5, 5.41) is -0.0253. The van der Waals surface area contributed by atoms with Crippen molar-refractivity contribution in [2.75, 3.05) is 7.11 Å². The first-order chi connectivity index (χ1) is 11.4. The molecule has 2 aromatic carbocycles. The zero-order valence-electron chi connectivity index (χ0n) is 12.8. The fraction of sp³-hybridized carbons (Fsp3) is 0.118. The van der Waals surface area contributed by atoms with Gasteiger partial charge in [-0.25, -0.2) is 18.2 Å². The average Bonchev–Trinajstić information content (AvgIpc) is 2.81. The Kier molecular flexibility index (Phi) is 4.24. The molecule has 0 fully saturated rings. The van der Waals surface area contributed by atoms with Gasteiger partial charge in [0, 0.05) is 12.1 Å². The third-order valence-electron chi connectivity index (χ3n) is 3.57. The minimum absolute atomic E-state index is 0.0253. The summed E-state index contributed by atoms with van der Waals surface area (Å²) in [7, 11) is 1.31. The van der Waals surface area contributed by atoms with Gasteiger partial charge in [-0.3, -0.25) is 4.57 Å². The average molecular weight is 353 g/mol. The van der Waals surface area contributed by atoms with E-state index < -0.39 is 17.5 Å². The Morgan fingerprint density at radius 3 is 2.33 bits per heavy atom. The Hall–Kier alpha value is -2.47. The van der Waals surface area contributed by atoms with Gasteiger partial charge in [0.15, 0.2) is 0 Å². The SMILES string of the molecule is COc1cc(F)c(-c2c(C)nc(Cl)n2-c2cccc(F)c2)c(F)c1. The van der Waals surface area contributed by atoms with E-state index in [0.717, 1.165) is 12.1 Å². The second-order valence-corrected chi connectivity index (χ2v) is 5.43. The molecule has 124 valence electrons. The fourth-order valence-electron chi connectivity index (χ4n) is 2.53. The number of benzene rings is 2. The molecule has 0 N–H and O–H groups in total. The second-order valence-electron chi connectivity index (χ2n) is 5.10. The Morgan fingerprint density at radius 2 is 1.75 bits per heavy atom. The molecule has 1 heterocycles. The van der Waals surface area contributed by atoms with E-state index >= 15 is 0 Å². The van der Waals surface area contributed by atoms with Crippen LogP contribution in [0.25, 0.3) is 16.9 Å². The van der Waals surface area contributed by atoms with Crippen molar-refractivity contribution in [2.24, 2.45) is 0 Å². The smallest absolute Gasteiger partial charge is 0.208 e. The highest BCUT2D eigenvalue weighted by atomic mass is 35.5. The number of hydrogen-bond acceptors (Lipinski definition) is 2. The van der Waals surface area contributed by atoms with Gasteiger partial charge in [0.1, 0.15) is 23.2 Å². The minimum atomic E-state index is -0.829. The summed E-state index contributed by atoms with van der Waals surface area (Å²) in [5.74, 6) is -2.11. The Bertz CT molecular complexity index is 901. The van der Waals surface area contributed by atoms with Crippen molar-refractivity contribution < 1.29 is 17.9 Å². The second kappa shape index (κ2) is 6.20. The van der Waals surface area contributed by atoms with Crippen molar-refractivity contribution in [3.63, 3.8) is 0 Å². The summed E-state index contributed by atoms with van der Waals surface area (Å²) in [4.78, 5) is 4.06. The lowest BCUT2D eigenvalue weighted by atomic mass is 10.1. The number of halogens is 4. The molecule has 24 heavy (non-hydrogen) atoms. The number of nitrogens with zero attached hydrogens (tertiary/aromatic N) is 2. The highest BCUT2D eigenvalue weighted by molar-refractivity contribution is 6.29. The van der Waals surface area contributed by atoms with E-state index in [1.54, 1.807) is 13.0 Å². The molecule has 0 aliphatic rings. The number of aryl methyl sites for hydroxylation is 1. The van der Waals surface area contributed by atoms with Crippen molar-refractivity contribution in [1.82, 2.24) is 9.55 Å². The standard InChI is InChI=1S/C17H12ClF3N2O/c1-9-16(15-13(20)7-12(24-2)8-14(15)21)23(17(18)22-9)11-5-3-4-10(19)6-11/h3-8H,1-2H3. The number of rotatable bonds is 3. The highest BCUT2D eigenvalue weighted by Gasteiger charge is 2.23. The molecule has 0 aliphatic carbocycles. The van der Waals surface area contributed by atoms with Gasteiger partial charge in [-0.2, -0.15) is 0 Å². The van der Waals surface area contributed by atoms with Crippen LogP contribution in [0.3, 0.4) is 0 Å². The topological polar surface area (TPSA) is 27.1 Å². The summed E-state index contributed by atoms with van der Waals surface area (Å²) in [5.41, 5.74) is 0.428. The summed E-state index contributed by atoms with van der Waals surface area (Å²) >= 11 is 6.11. The molecule has 0 saturated carbocycles. The molecule has 0 saturated heterocycles. The summed E-state index contributed by atoms with van der Waals surface area (Å²) in [6.07, 6.45) is 0. The molecule has 0 aliphatic heterocycles. The third-order valence-corrected chi connectivity index (χ3v) is 3.82. The summed E-state index contributed by atoms with van der Waals surface area (Å²) in [6.45, 7) is 1.57. The molecule has 3 rings (SSSR count). The first-order valence-corrected chi connectivity index (χ1v) is 7.34. The molecular formula is C17H12ClF3N2O. The fourth-order valence-corrected chi connectivity index (χ4v) is 2.84. The maximum absolute atomic E-state index is 14.5. The van der Waals surface area contributed by atoms with Gasteiger partial charge in [-0.15, -0.1) is 0 Å². The number of hydrogen-bond donors (Lipinski definition) is 0. The molecule has 0 radical (unpaired) electrons. The summed E-state index contributed by atoms with van der Waals surface area (Å²) < 4.78 is 48.6. The van der Waals surface area contributed by atoms with Gasteiger partial charge in [0.2, 0.25) is 5.28 Å². The first-order valence-electron chi connectivity index (χ1n) is 6.96. The molecule has 1 aromatic heterocycles. The lowest BCUT2D eigenvalue weighted by Gasteiger charge is -2.13. The van der Waals surface area contributed by atoms with Gasteiger partial charge in [-0.1, -0.05) is 6.07 Å². The van der Waals surface area contributed by atoms with E-state index in [4.69, 9.17) is 16.3 Å². The van der Waals surface area contributed by atoms with Gasteiger partial charge in [0.05, 0.1) is 29.7 Å². The minimum Gasteiger partial charge on any atom is -0.497 e. The van der Waals surface area contributed by atoms with Crippen molar-refractivity contribution in [3.05, 3.63) is 64.8 Å². The molecule has 0 bridgehead atoms. The zero-order chi connectivity index (χ0) is 17.4. The number of ether oxygens (including phenoxy) is 1. The van der Waals surface area contributed by atoms with E-state index in [1.165, 1.54) is 29.9 Å². The molecule has 7 heteroatoms. The monoisotopic (exact) mass is 352 g/mol. The number of imidazole rings is 1.